The number of halogens is 1. The molecule has 0 aromatic heterocycles. The van der Waals surface area contributed by atoms with Crippen LogP contribution in [0, 0.1) is 5.92 Å². The topological polar surface area (TPSA) is 84.2 Å². The Bertz CT molecular complexity index is 495. The number of para-hydroxylation sites is 1. The normalized spacial score (nSPS) is 22.1. The number of nitrogens with two attached hydrogens (primary N) is 1. The van der Waals surface area contributed by atoms with E-state index in [1.807, 2.05) is 30.3 Å². The molecule has 5 nitrogen and oxygen atoms in total. The van der Waals surface area contributed by atoms with Crippen molar-refractivity contribution in [3.8, 4) is 0 Å². The van der Waals surface area contributed by atoms with Crippen molar-refractivity contribution in [2.75, 3.05) is 5.32 Å². The van der Waals surface area contributed by atoms with E-state index in [2.05, 4.69) is 10.6 Å². The Morgan fingerprint density at radius 2 is 1.91 bits per heavy atom. The van der Waals surface area contributed by atoms with Gasteiger partial charge in [-0.25, -0.2) is 0 Å². The number of carbonyl (C=O) groups excluding carboxylic acids is 2. The monoisotopic (exact) mass is 325 g/mol. The van der Waals surface area contributed by atoms with E-state index in [-0.39, 0.29) is 36.2 Å². The minimum atomic E-state index is -0.559. The molecule has 0 heterocycles. The van der Waals surface area contributed by atoms with Crippen molar-refractivity contribution in [1.29, 1.82) is 0 Å². The van der Waals surface area contributed by atoms with E-state index < -0.39 is 6.04 Å². The number of rotatable bonds is 4. The van der Waals surface area contributed by atoms with Crippen LogP contribution in [0.2, 0.25) is 0 Å². The Balaban J connectivity index is 0.00000242. The zero-order valence-corrected chi connectivity index (χ0v) is 13.6. The summed E-state index contributed by atoms with van der Waals surface area (Å²) in [5.41, 5.74) is 6.62. The van der Waals surface area contributed by atoms with Gasteiger partial charge in [-0.15, -0.1) is 12.4 Å². The standard InChI is InChI=1S/C16H23N3O2.ClH/c1-11(15(20)19-14-8-3-2-4-9-14)18-16(21)12-6-5-7-13(17)10-12;/h2-4,8-9,11-13H,5-7,10,17H2,1H3,(H,18,21)(H,19,20);1H. The lowest BCUT2D eigenvalue weighted by molar-refractivity contribution is -0.129. The highest BCUT2D eigenvalue weighted by molar-refractivity contribution is 5.97. The van der Waals surface area contributed by atoms with Crippen molar-refractivity contribution in [2.24, 2.45) is 11.7 Å². The number of nitrogens with one attached hydrogen (secondary N) is 2. The van der Waals surface area contributed by atoms with Gasteiger partial charge in [0.05, 0.1) is 0 Å². The van der Waals surface area contributed by atoms with Gasteiger partial charge >= 0.3 is 0 Å². The molecular formula is C16H24ClN3O2. The van der Waals surface area contributed by atoms with Gasteiger partial charge in [-0.2, -0.15) is 0 Å². The molecule has 1 aliphatic rings. The van der Waals surface area contributed by atoms with Crippen LogP contribution in [-0.4, -0.2) is 23.9 Å². The highest BCUT2D eigenvalue weighted by atomic mass is 35.5. The van der Waals surface area contributed by atoms with E-state index in [1.54, 1.807) is 6.92 Å². The van der Waals surface area contributed by atoms with Crippen molar-refractivity contribution >= 4 is 29.9 Å². The Hall–Kier alpha value is -1.59. The lowest BCUT2D eigenvalue weighted by Gasteiger charge is -2.26. The van der Waals surface area contributed by atoms with Crippen molar-refractivity contribution in [3.63, 3.8) is 0 Å². The summed E-state index contributed by atoms with van der Waals surface area (Å²) < 4.78 is 0. The van der Waals surface area contributed by atoms with Crippen LogP contribution in [0.25, 0.3) is 0 Å². The van der Waals surface area contributed by atoms with E-state index in [1.165, 1.54) is 0 Å². The molecule has 1 aromatic carbocycles. The van der Waals surface area contributed by atoms with Crippen molar-refractivity contribution < 1.29 is 9.59 Å². The van der Waals surface area contributed by atoms with E-state index in [0.717, 1.165) is 24.9 Å². The van der Waals surface area contributed by atoms with Gasteiger partial charge < -0.3 is 16.4 Å². The highest BCUT2D eigenvalue weighted by Crippen LogP contribution is 2.23. The number of hydrogen-bond donors (Lipinski definition) is 3. The molecule has 1 saturated carbocycles. The Labute approximate surface area is 137 Å². The van der Waals surface area contributed by atoms with Crippen LogP contribution in [-0.2, 0) is 9.59 Å². The molecule has 1 aromatic rings. The third-order valence-corrected chi connectivity index (χ3v) is 3.88. The first-order valence-electron chi connectivity index (χ1n) is 7.48. The number of anilines is 1. The Kier molecular flexibility index (Phi) is 7.35. The summed E-state index contributed by atoms with van der Waals surface area (Å²) in [6.45, 7) is 1.69. The second-order valence-electron chi connectivity index (χ2n) is 5.71. The van der Waals surface area contributed by atoms with Crippen LogP contribution in [0.4, 0.5) is 5.69 Å². The quantitative estimate of drug-likeness (QED) is 0.792. The maximum Gasteiger partial charge on any atom is 0.246 e. The SMILES string of the molecule is CC(NC(=O)C1CCCC(N)C1)C(=O)Nc1ccccc1.Cl. The lowest BCUT2D eigenvalue weighted by Crippen LogP contribution is -2.46. The van der Waals surface area contributed by atoms with Gasteiger partial charge in [-0.3, -0.25) is 9.59 Å². The van der Waals surface area contributed by atoms with E-state index in [0.29, 0.717) is 6.42 Å². The Morgan fingerprint density at radius 1 is 1.23 bits per heavy atom. The van der Waals surface area contributed by atoms with Gasteiger partial charge in [-0.05, 0) is 38.3 Å². The Morgan fingerprint density at radius 3 is 2.55 bits per heavy atom. The smallest absolute Gasteiger partial charge is 0.246 e. The predicted molar refractivity (Wildman–Crippen MR) is 89.9 cm³/mol. The summed E-state index contributed by atoms with van der Waals surface area (Å²) in [4.78, 5) is 24.2. The lowest BCUT2D eigenvalue weighted by atomic mass is 9.85. The number of amides is 2. The molecule has 22 heavy (non-hydrogen) atoms. The summed E-state index contributed by atoms with van der Waals surface area (Å²) in [5, 5.41) is 5.56. The molecule has 6 heteroatoms. The molecule has 0 radical (unpaired) electrons. The molecule has 0 aliphatic heterocycles. The molecule has 3 unspecified atom stereocenters. The molecule has 1 fully saturated rings. The van der Waals surface area contributed by atoms with Gasteiger partial charge in [0.25, 0.3) is 0 Å². The molecule has 0 bridgehead atoms. The van der Waals surface area contributed by atoms with Gasteiger partial charge in [0.2, 0.25) is 11.8 Å². The summed E-state index contributed by atoms with van der Waals surface area (Å²) >= 11 is 0. The fraction of sp³-hybridized carbons (Fsp3) is 0.500. The fourth-order valence-electron chi connectivity index (χ4n) is 2.63. The number of hydrogen-bond acceptors (Lipinski definition) is 3. The maximum absolute atomic E-state index is 12.2. The second-order valence-corrected chi connectivity index (χ2v) is 5.71. The van der Waals surface area contributed by atoms with Crippen molar-refractivity contribution in [1.82, 2.24) is 5.32 Å². The minimum Gasteiger partial charge on any atom is -0.344 e. The zero-order chi connectivity index (χ0) is 15.2. The molecule has 3 atom stereocenters. The van der Waals surface area contributed by atoms with Gasteiger partial charge in [0.15, 0.2) is 0 Å². The van der Waals surface area contributed by atoms with E-state index >= 15 is 0 Å². The number of carbonyl (C=O) groups is 2. The van der Waals surface area contributed by atoms with Crippen molar-refractivity contribution in [2.45, 2.75) is 44.7 Å². The highest BCUT2D eigenvalue weighted by Gasteiger charge is 2.27. The molecular weight excluding hydrogens is 302 g/mol. The maximum atomic E-state index is 12.2. The van der Waals surface area contributed by atoms with Gasteiger partial charge in [0, 0.05) is 17.6 Å². The van der Waals surface area contributed by atoms with Crippen LogP contribution < -0.4 is 16.4 Å². The molecule has 4 N–H and O–H groups in total. The van der Waals surface area contributed by atoms with E-state index in [4.69, 9.17) is 5.73 Å². The fourth-order valence-corrected chi connectivity index (χ4v) is 2.63. The van der Waals surface area contributed by atoms with Crippen LogP contribution in [0.1, 0.15) is 32.6 Å². The van der Waals surface area contributed by atoms with Gasteiger partial charge in [-0.1, -0.05) is 24.6 Å². The summed E-state index contributed by atoms with van der Waals surface area (Å²) in [5.74, 6) is -0.351. The predicted octanol–water partition coefficient (Wildman–Crippen LogP) is 2.07. The second kappa shape index (κ2) is 8.76. The molecule has 122 valence electrons. The van der Waals surface area contributed by atoms with Crippen molar-refractivity contribution in [3.05, 3.63) is 30.3 Å². The summed E-state index contributed by atoms with van der Waals surface area (Å²) in [6, 6.07) is 8.75. The zero-order valence-electron chi connectivity index (χ0n) is 12.7. The molecule has 0 spiro atoms. The van der Waals surface area contributed by atoms with E-state index in [9.17, 15) is 9.59 Å². The molecule has 0 saturated heterocycles. The third-order valence-electron chi connectivity index (χ3n) is 3.88. The van der Waals surface area contributed by atoms with Crippen LogP contribution in [0.3, 0.4) is 0 Å². The third kappa shape index (κ3) is 5.31. The summed E-state index contributed by atoms with van der Waals surface area (Å²) in [6.07, 6.45) is 3.52. The first-order chi connectivity index (χ1) is 10.1. The molecule has 2 rings (SSSR count). The molecule has 1 aliphatic carbocycles. The first kappa shape index (κ1) is 18.5. The largest absolute Gasteiger partial charge is 0.344 e. The number of benzene rings is 1. The van der Waals surface area contributed by atoms with Crippen LogP contribution in [0.15, 0.2) is 30.3 Å². The van der Waals surface area contributed by atoms with Crippen LogP contribution in [0.5, 0.6) is 0 Å². The average molecular weight is 326 g/mol. The first-order valence-corrected chi connectivity index (χ1v) is 7.48. The molecule has 2 amide bonds. The van der Waals surface area contributed by atoms with Crippen LogP contribution >= 0.6 is 12.4 Å². The summed E-state index contributed by atoms with van der Waals surface area (Å²) in [7, 11) is 0. The minimum absolute atomic E-state index is 0. The average Bonchev–Trinajstić information content (AvgIpc) is 2.48. The van der Waals surface area contributed by atoms with Gasteiger partial charge in [0.1, 0.15) is 6.04 Å².